The molecule has 0 atom stereocenters. The number of amides is 1. The van der Waals surface area contributed by atoms with Crippen LogP contribution in [0.2, 0.25) is 5.02 Å². The highest BCUT2D eigenvalue weighted by Crippen LogP contribution is 2.26. The van der Waals surface area contributed by atoms with E-state index in [0.29, 0.717) is 27.4 Å². The van der Waals surface area contributed by atoms with Gasteiger partial charge in [0.05, 0.1) is 22.0 Å². The standard InChI is InChI=1S/C16H13ClN8OS2/c17-10-3-4-12(24-9-19-8-20-24)11(6-10)21-14(26)7-28-16-23-22-15(25(16)18)13-2-1-5-27-13/h1-6,8-9H,7,18H2,(H,21,26). The number of halogens is 1. The Kier molecular flexibility index (Phi) is 5.28. The summed E-state index contributed by atoms with van der Waals surface area (Å²) in [6, 6.07) is 8.94. The topological polar surface area (TPSA) is 117 Å². The Hall–Kier alpha value is -2.89. The molecule has 12 heteroatoms. The fraction of sp³-hybridized carbons (Fsp3) is 0.0625. The lowest BCUT2D eigenvalue weighted by Crippen LogP contribution is -2.17. The van der Waals surface area contributed by atoms with E-state index in [2.05, 4.69) is 25.6 Å². The monoisotopic (exact) mass is 432 g/mol. The van der Waals surface area contributed by atoms with Crippen LogP contribution in [0.15, 0.2) is 53.5 Å². The van der Waals surface area contributed by atoms with Crippen molar-refractivity contribution in [3.05, 3.63) is 53.4 Å². The molecule has 9 nitrogen and oxygen atoms in total. The number of thioether (sulfide) groups is 1. The maximum atomic E-state index is 12.4. The van der Waals surface area contributed by atoms with Gasteiger partial charge in [-0.1, -0.05) is 29.4 Å². The Morgan fingerprint density at radius 3 is 2.96 bits per heavy atom. The number of hydrogen-bond donors (Lipinski definition) is 2. The number of nitrogens with one attached hydrogen (secondary N) is 1. The van der Waals surface area contributed by atoms with Gasteiger partial charge in [-0.2, -0.15) is 5.10 Å². The minimum Gasteiger partial charge on any atom is -0.335 e. The quantitative estimate of drug-likeness (QED) is 0.355. The number of rotatable bonds is 6. The summed E-state index contributed by atoms with van der Waals surface area (Å²) in [5.74, 6) is 6.47. The van der Waals surface area contributed by atoms with E-state index in [4.69, 9.17) is 17.4 Å². The molecular weight excluding hydrogens is 420 g/mol. The van der Waals surface area contributed by atoms with Crippen molar-refractivity contribution < 1.29 is 4.79 Å². The molecule has 0 aliphatic carbocycles. The second-order valence-electron chi connectivity index (χ2n) is 5.49. The van der Waals surface area contributed by atoms with Crippen molar-refractivity contribution >= 4 is 46.3 Å². The van der Waals surface area contributed by atoms with E-state index < -0.39 is 0 Å². The highest BCUT2D eigenvalue weighted by Gasteiger charge is 2.15. The molecule has 0 aliphatic rings. The molecule has 4 aromatic rings. The lowest BCUT2D eigenvalue weighted by molar-refractivity contribution is -0.113. The van der Waals surface area contributed by atoms with Crippen LogP contribution in [-0.2, 0) is 4.79 Å². The van der Waals surface area contributed by atoms with Crippen LogP contribution in [0.5, 0.6) is 0 Å². The van der Waals surface area contributed by atoms with Gasteiger partial charge in [0.1, 0.15) is 12.7 Å². The Labute approximate surface area is 172 Å². The van der Waals surface area contributed by atoms with Gasteiger partial charge in [-0.05, 0) is 29.6 Å². The zero-order chi connectivity index (χ0) is 19.5. The fourth-order valence-electron chi connectivity index (χ4n) is 2.41. The van der Waals surface area contributed by atoms with Crippen LogP contribution in [0.25, 0.3) is 16.4 Å². The molecule has 0 unspecified atom stereocenters. The highest BCUT2D eigenvalue weighted by atomic mass is 35.5. The Morgan fingerprint density at radius 2 is 2.21 bits per heavy atom. The minimum atomic E-state index is -0.241. The van der Waals surface area contributed by atoms with Gasteiger partial charge in [0.2, 0.25) is 11.1 Å². The van der Waals surface area contributed by atoms with E-state index in [-0.39, 0.29) is 11.7 Å². The van der Waals surface area contributed by atoms with Crippen LogP contribution in [0.3, 0.4) is 0 Å². The first-order valence-corrected chi connectivity index (χ1v) is 10.2. The van der Waals surface area contributed by atoms with Crippen molar-refractivity contribution in [3.8, 4) is 16.4 Å². The number of hydrogen-bond acceptors (Lipinski definition) is 8. The van der Waals surface area contributed by atoms with Crippen molar-refractivity contribution in [1.29, 1.82) is 0 Å². The van der Waals surface area contributed by atoms with Gasteiger partial charge in [-0.15, -0.1) is 21.5 Å². The number of nitrogens with two attached hydrogens (primary N) is 1. The summed E-state index contributed by atoms with van der Waals surface area (Å²) >= 11 is 8.77. The number of thiophene rings is 1. The van der Waals surface area contributed by atoms with Crippen LogP contribution < -0.4 is 11.2 Å². The second kappa shape index (κ2) is 8.00. The van der Waals surface area contributed by atoms with Gasteiger partial charge in [-0.3, -0.25) is 4.79 Å². The number of nitrogens with zero attached hydrogens (tertiary/aromatic N) is 6. The molecule has 0 aliphatic heterocycles. The first-order chi connectivity index (χ1) is 13.6. The van der Waals surface area contributed by atoms with E-state index >= 15 is 0 Å². The fourth-order valence-corrected chi connectivity index (χ4v) is 3.94. The summed E-state index contributed by atoms with van der Waals surface area (Å²) in [5.41, 5.74) is 1.18. The van der Waals surface area contributed by atoms with Gasteiger partial charge in [0.15, 0.2) is 5.82 Å². The molecule has 0 spiro atoms. The summed E-state index contributed by atoms with van der Waals surface area (Å²) in [6.07, 6.45) is 2.95. The number of aromatic nitrogens is 6. The summed E-state index contributed by atoms with van der Waals surface area (Å²) in [5, 5.41) is 17.9. The summed E-state index contributed by atoms with van der Waals surface area (Å²) in [7, 11) is 0. The van der Waals surface area contributed by atoms with Gasteiger partial charge in [0, 0.05) is 5.02 Å². The average Bonchev–Trinajstić information content (AvgIpc) is 3.42. The predicted molar refractivity (Wildman–Crippen MR) is 109 cm³/mol. The van der Waals surface area contributed by atoms with E-state index in [0.717, 1.165) is 4.88 Å². The minimum absolute atomic E-state index is 0.100. The van der Waals surface area contributed by atoms with E-state index in [9.17, 15) is 4.79 Å². The van der Waals surface area contributed by atoms with Crippen LogP contribution >= 0.6 is 34.7 Å². The lowest BCUT2D eigenvalue weighted by atomic mass is 10.2. The molecule has 0 fully saturated rings. The van der Waals surface area contributed by atoms with E-state index in [1.165, 1.54) is 40.4 Å². The first kappa shape index (κ1) is 18.5. The van der Waals surface area contributed by atoms with Gasteiger partial charge >= 0.3 is 0 Å². The Morgan fingerprint density at radius 1 is 1.32 bits per heavy atom. The summed E-state index contributed by atoms with van der Waals surface area (Å²) in [6.45, 7) is 0. The van der Waals surface area contributed by atoms with Gasteiger partial charge in [-0.25, -0.2) is 14.3 Å². The molecule has 0 saturated carbocycles. The molecule has 0 saturated heterocycles. The summed E-state index contributed by atoms with van der Waals surface area (Å²) in [4.78, 5) is 17.3. The molecule has 1 aromatic carbocycles. The van der Waals surface area contributed by atoms with Gasteiger partial charge < -0.3 is 11.2 Å². The molecule has 3 N–H and O–H groups in total. The largest absolute Gasteiger partial charge is 0.335 e. The van der Waals surface area contributed by atoms with Crippen LogP contribution in [0.1, 0.15) is 0 Å². The van der Waals surface area contributed by atoms with E-state index in [1.54, 1.807) is 22.9 Å². The zero-order valence-corrected chi connectivity index (χ0v) is 16.6. The molecule has 0 bridgehead atoms. The SMILES string of the molecule is Nn1c(SCC(=O)Nc2cc(Cl)ccc2-n2cncn2)nnc1-c1cccs1. The maximum absolute atomic E-state index is 12.4. The zero-order valence-electron chi connectivity index (χ0n) is 14.2. The maximum Gasteiger partial charge on any atom is 0.234 e. The molecular formula is C16H13ClN8OS2. The molecule has 4 rings (SSSR count). The summed E-state index contributed by atoms with van der Waals surface area (Å²) < 4.78 is 2.92. The van der Waals surface area contributed by atoms with Crippen LogP contribution in [0.4, 0.5) is 5.69 Å². The molecule has 1 amide bonds. The Bertz CT molecular complexity index is 1090. The van der Waals surface area contributed by atoms with Crippen LogP contribution in [-0.4, -0.2) is 41.3 Å². The smallest absolute Gasteiger partial charge is 0.234 e. The predicted octanol–water partition coefficient (Wildman–Crippen LogP) is 2.69. The van der Waals surface area contributed by atoms with Crippen molar-refractivity contribution in [2.75, 3.05) is 16.9 Å². The number of carbonyl (C=O) groups is 1. The number of carbonyl (C=O) groups excluding carboxylic acids is 1. The number of benzene rings is 1. The first-order valence-electron chi connectivity index (χ1n) is 7.93. The van der Waals surface area contributed by atoms with Crippen molar-refractivity contribution in [2.24, 2.45) is 0 Å². The third-order valence-corrected chi connectivity index (χ3v) is 5.68. The highest BCUT2D eigenvalue weighted by molar-refractivity contribution is 7.99. The lowest BCUT2D eigenvalue weighted by Gasteiger charge is -2.11. The van der Waals surface area contributed by atoms with Gasteiger partial charge in [0.25, 0.3) is 0 Å². The van der Waals surface area contributed by atoms with Crippen molar-refractivity contribution in [1.82, 2.24) is 29.6 Å². The molecule has 0 radical (unpaired) electrons. The average molecular weight is 433 g/mol. The third kappa shape index (κ3) is 3.86. The normalized spacial score (nSPS) is 10.9. The molecule has 28 heavy (non-hydrogen) atoms. The number of nitrogen functional groups attached to an aromatic ring is 1. The molecule has 142 valence electrons. The second-order valence-corrected chi connectivity index (χ2v) is 7.82. The number of anilines is 1. The van der Waals surface area contributed by atoms with Crippen molar-refractivity contribution in [3.63, 3.8) is 0 Å². The van der Waals surface area contributed by atoms with Crippen LogP contribution in [0, 0.1) is 0 Å². The third-order valence-electron chi connectivity index (χ3n) is 3.64. The molecule has 3 heterocycles. The molecule has 3 aromatic heterocycles. The van der Waals surface area contributed by atoms with Crippen molar-refractivity contribution in [2.45, 2.75) is 5.16 Å². The Balaban J connectivity index is 1.46. The van der Waals surface area contributed by atoms with E-state index in [1.807, 2.05) is 17.5 Å².